The number of nitrogens with one attached hydrogen (secondary N) is 1. The van der Waals surface area contributed by atoms with Crippen LogP contribution in [0.5, 0.6) is 0 Å². The van der Waals surface area contributed by atoms with Gasteiger partial charge in [-0.1, -0.05) is 12.8 Å². The van der Waals surface area contributed by atoms with E-state index in [1.54, 1.807) is 14.1 Å². The summed E-state index contributed by atoms with van der Waals surface area (Å²) in [6.07, 6.45) is 0. The lowest BCUT2D eigenvalue weighted by molar-refractivity contribution is 0.233. The van der Waals surface area contributed by atoms with E-state index in [4.69, 9.17) is 0 Å². The van der Waals surface area contributed by atoms with Crippen LogP contribution in [-0.4, -0.2) is 24.4 Å². The molecular weight excluding hydrogens is 112 g/mol. The smallest absolute Gasteiger partial charge is 0.326 e. The van der Waals surface area contributed by atoms with Crippen LogP contribution in [-0.2, 0) is 0 Å². The molecular formula is C3H8N2OS. The molecule has 0 saturated carbocycles. The highest BCUT2D eigenvalue weighted by molar-refractivity contribution is 7.78. The fraction of sp³-hybridized carbons (Fsp3) is 0.667. The van der Waals surface area contributed by atoms with Crippen LogP contribution in [0.15, 0.2) is 0 Å². The van der Waals surface area contributed by atoms with Crippen LogP contribution in [0.4, 0.5) is 4.79 Å². The molecule has 0 heterocycles. The van der Waals surface area contributed by atoms with Crippen molar-refractivity contribution in [3.63, 3.8) is 0 Å². The number of hydrogen-bond acceptors (Lipinski definition) is 2. The summed E-state index contributed by atoms with van der Waals surface area (Å²) in [6.45, 7) is 0. The Hall–Kier alpha value is -0.380. The third-order valence-corrected chi connectivity index (χ3v) is 0.689. The summed E-state index contributed by atoms with van der Waals surface area (Å²) in [5.74, 6) is 0. The number of urea groups is 1. The fourth-order valence-corrected chi connectivity index (χ4v) is 0.262. The first kappa shape index (κ1) is 6.62. The molecule has 0 aliphatic carbocycles. The molecule has 0 rings (SSSR count). The number of hydrogen-bond donors (Lipinski definition) is 2. The zero-order valence-corrected chi connectivity index (χ0v) is 5.20. The minimum absolute atomic E-state index is 0.205. The van der Waals surface area contributed by atoms with Crippen molar-refractivity contribution in [2.45, 2.75) is 0 Å². The van der Waals surface area contributed by atoms with Gasteiger partial charge in [0, 0.05) is 14.1 Å². The van der Waals surface area contributed by atoms with Gasteiger partial charge < -0.3 is 5.32 Å². The Labute approximate surface area is 48.2 Å². The van der Waals surface area contributed by atoms with Crippen LogP contribution in [0.2, 0.25) is 0 Å². The molecule has 0 aliphatic heterocycles. The van der Waals surface area contributed by atoms with Gasteiger partial charge in [0.05, 0.1) is 0 Å². The second-order valence-corrected chi connectivity index (χ2v) is 1.68. The van der Waals surface area contributed by atoms with Crippen LogP contribution in [0.25, 0.3) is 0 Å². The van der Waals surface area contributed by atoms with E-state index in [0.29, 0.717) is 0 Å². The van der Waals surface area contributed by atoms with Crippen LogP contribution in [0.3, 0.4) is 0 Å². The average Bonchev–Trinajstić information content (AvgIpc) is 1.65. The molecule has 0 saturated heterocycles. The number of rotatable bonds is 0. The van der Waals surface area contributed by atoms with Gasteiger partial charge in [0.2, 0.25) is 0 Å². The fourth-order valence-electron chi connectivity index (χ4n) is 0.162. The van der Waals surface area contributed by atoms with Crippen LogP contribution >= 0.6 is 12.8 Å². The molecule has 0 fully saturated rings. The van der Waals surface area contributed by atoms with Gasteiger partial charge in [-0.25, -0.2) is 4.79 Å². The van der Waals surface area contributed by atoms with E-state index in [1.165, 1.54) is 4.31 Å². The molecule has 0 unspecified atom stereocenters. The molecule has 42 valence electrons. The SMILES string of the molecule is CNC(=O)N(C)S. The molecule has 0 aromatic rings. The molecule has 0 spiro atoms. The first-order valence-corrected chi connectivity index (χ1v) is 2.22. The van der Waals surface area contributed by atoms with Crippen molar-refractivity contribution in [1.82, 2.24) is 9.62 Å². The minimum atomic E-state index is -0.205. The third-order valence-electron chi connectivity index (χ3n) is 0.508. The van der Waals surface area contributed by atoms with E-state index in [9.17, 15) is 4.79 Å². The summed E-state index contributed by atoms with van der Waals surface area (Å²) < 4.78 is 1.17. The topological polar surface area (TPSA) is 32.3 Å². The molecule has 7 heavy (non-hydrogen) atoms. The summed E-state index contributed by atoms with van der Waals surface area (Å²) in [5, 5.41) is 2.38. The van der Waals surface area contributed by atoms with E-state index in [0.717, 1.165) is 0 Å². The highest BCUT2D eigenvalue weighted by atomic mass is 32.1. The molecule has 2 amide bonds. The molecule has 0 atom stereocenters. The summed E-state index contributed by atoms with van der Waals surface area (Å²) in [6, 6.07) is -0.205. The lowest BCUT2D eigenvalue weighted by Crippen LogP contribution is -2.27. The second-order valence-electron chi connectivity index (χ2n) is 1.08. The summed E-state index contributed by atoms with van der Waals surface area (Å²) in [4.78, 5) is 10.2. The van der Waals surface area contributed by atoms with E-state index < -0.39 is 0 Å². The molecule has 0 aliphatic rings. The molecule has 3 nitrogen and oxygen atoms in total. The Balaban J connectivity index is 3.35. The Morgan fingerprint density at radius 1 is 1.86 bits per heavy atom. The van der Waals surface area contributed by atoms with Crippen molar-refractivity contribution in [1.29, 1.82) is 0 Å². The zero-order chi connectivity index (χ0) is 5.86. The Morgan fingerprint density at radius 2 is 2.29 bits per heavy atom. The Morgan fingerprint density at radius 3 is 2.29 bits per heavy atom. The maximum Gasteiger partial charge on any atom is 0.326 e. The van der Waals surface area contributed by atoms with Gasteiger partial charge in [0.15, 0.2) is 0 Å². The van der Waals surface area contributed by atoms with Crippen molar-refractivity contribution in [3.8, 4) is 0 Å². The first-order chi connectivity index (χ1) is 3.18. The number of carbonyl (C=O) groups is 1. The van der Waals surface area contributed by atoms with E-state index in [-0.39, 0.29) is 6.03 Å². The van der Waals surface area contributed by atoms with Crippen molar-refractivity contribution in [3.05, 3.63) is 0 Å². The molecule has 1 N–H and O–H groups in total. The summed E-state index contributed by atoms with van der Waals surface area (Å²) >= 11 is 3.69. The molecule has 0 aromatic heterocycles. The lowest BCUT2D eigenvalue weighted by atomic mass is 11.0. The molecule has 0 bridgehead atoms. The maximum absolute atomic E-state index is 10.2. The Bertz CT molecular complexity index is 73.3. The quantitative estimate of drug-likeness (QED) is 0.437. The molecule has 0 aromatic carbocycles. The van der Waals surface area contributed by atoms with Crippen molar-refractivity contribution in [2.24, 2.45) is 0 Å². The van der Waals surface area contributed by atoms with Gasteiger partial charge in [0.25, 0.3) is 0 Å². The van der Waals surface area contributed by atoms with Crippen LogP contribution in [0.1, 0.15) is 0 Å². The largest absolute Gasteiger partial charge is 0.340 e. The van der Waals surface area contributed by atoms with Gasteiger partial charge in [-0.3, -0.25) is 4.31 Å². The zero-order valence-electron chi connectivity index (χ0n) is 4.30. The monoisotopic (exact) mass is 120 g/mol. The minimum Gasteiger partial charge on any atom is -0.340 e. The number of carbonyl (C=O) groups excluding carboxylic acids is 1. The highest BCUT2D eigenvalue weighted by Crippen LogP contribution is 1.83. The van der Waals surface area contributed by atoms with E-state index >= 15 is 0 Å². The maximum atomic E-state index is 10.2. The van der Waals surface area contributed by atoms with Gasteiger partial charge in [-0.15, -0.1) is 0 Å². The third kappa shape index (κ3) is 2.33. The number of nitrogens with zero attached hydrogens (tertiary/aromatic N) is 1. The number of amides is 2. The van der Waals surface area contributed by atoms with E-state index in [1.807, 2.05) is 0 Å². The summed E-state index contributed by atoms with van der Waals surface area (Å²) in [7, 11) is 3.11. The standard InChI is InChI=1S/C3H8N2OS/c1-4-3(6)5(2)7/h7H,1-2H3,(H,4,6). The van der Waals surface area contributed by atoms with Gasteiger partial charge in [0.1, 0.15) is 0 Å². The molecule has 0 radical (unpaired) electrons. The normalized spacial score (nSPS) is 7.86. The van der Waals surface area contributed by atoms with Crippen molar-refractivity contribution in [2.75, 3.05) is 14.1 Å². The first-order valence-electron chi connectivity index (χ1n) is 1.82. The predicted octanol–water partition coefficient (Wildman–Crippen LogP) is 0.102. The van der Waals surface area contributed by atoms with Crippen LogP contribution < -0.4 is 5.32 Å². The average molecular weight is 120 g/mol. The number of thiol groups is 1. The van der Waals surface area contributed by atoms with Gasteiger partial charge >= 0.3 is 6.03 Å². The van der Waals surface area contributed by atoms with Crippen molar-refractivity contribution >= 4 is 18.8 Å². The lowest BCUT2D eigenvalue weighted by Gasteiger charge is -2.05. The van der Waals surface area contributed by atoms with Crippen molar-refractivity contribution < 1.29 is 4.79 Å². The Kier molecular flexibility index (Phi) is 2.59. The summed E-state index contributed by atoms with van der Waals surface area (Å²) in [5.41, 5.74) is 0. The van der Waals surface area contributed by atoms with Gasteiger partial charge in [-0.2, -0.15) is 0 Å². The highest BCUT2D eigenvalue weighted by Gasteiger charge is 1.95. The van der Waals surface area contributed by atoms with E-state index in [2.05, 4.69) is 18.1 Å². The molecule has 4 heteroatoms. The van der Waals surface area contributed by atoms with Crippen LogP contribution in [0, 0.1) is 0 Å². The predicted molar refractivity (Wildman–Crippen MR) is 31.2 cm³/mol. The second kappa shape index (κ2) is 2.74. The van der Waals surface area contributed by atoms with Gasteiger partial charge in [-0.05, 0) is 0 Å².